The van der Waals surface area contributed by atoms with Crippen LogP contribution in [0.25, 0.3) is 10.9 Å². The summed E-state index contributed by atoms with van der Waals surface area (Å²) in [5, 5.41) is 3.82. The molecule has 6 nitrogen and oxygen atoms in total. The van der Waals surface area contributed by atoms with Crippen LogP contribution in [0, 0.1) is 5.82 Å². The summed E-state index contributed by atoms with van der Waals surface area (Å²) in [6, 6.07) is 0. The number of fused-ring (bicyclic) bond motifs is 1. The lowest BCUT2D eigenvalue weighted by Crippen LogP contribution is -2.27. The molecule has 1 aliphatic heterocycles. The second-order valence-electron chi connectivity index (χ2n) is 5.03. The van der Waals surface area contributed by atoms with E-state index in [1.165, 1.54) is 11.8 Å². The summed E-state index contributed by atoms with van der Waals surface area (Å²) in [5.74, 6) is 0.516. The highest BCUT2D eigenvalue weighted by atomic mass is 35.5. The van der Waals surface area contributed by atoms with E-state index >= 15 is 0 Å². The van der Waals surface area contributed by atoms with Crippen molar-refractivity contribution in [3.63, 3.8) is 0 Å². The number of rotatable bonds is 3. The lowest BCUT2D eigenvalue weighted by molar-refractivity contribution is 0.152. The smallest absolute Gasteiger partial charge is 0.189 e. The number of hydrogen-bond donors (Lipinski definition) is 1. The van der Waals surface area contributed by atoms with Gasteiger partial charge in [-0.2, -0.15) is 0 Å². The van der Waals surface area contributed by atoms with Crippen LogP contribution in [0.4, 0.5) is 16.0 Å². The molecule has 9 heteroatoms. The van der Waals surface area contributed by atoms with Gasteiger partial charge in [0, 0.05) is 26.7 Å². The molecule has 0 bridgehead atoms. The zero-order valence-electron chi connectivity index (χ0n) is 12.9. The minimum Gasteiger partial charge on any atom is -0.380 e. The highest BCUT2D eigenvalue weighted by molar-refractivity contribution is 7.98. The highest BCUT2D eigenvalue weighted by Crippen LogP contribution is 2.35. The number of ether oxygens (including phenoxy) is 1. The molecule has 1 saturated heterocycles. The van der Waals surface area contributed by atoms with Crippen molar-refractivity contribution in [3.05, 3.63) is 11.0 Å². The van der Waals surface area contributed by atoms with Crippen LogP contribution >= 0.6 is 23.4 Å². The largest absolute Gasteiger partial charge is 0.380 e. The van der Waals surface area contributed by atoms with Crippen molar-refractivity contribution in [1.82, 2.24) is 15.0 Å². The van der Waals surface area contributed by atoms with Crippen LogP contribution in [0.15, 0.2) is 5.16 Å². The summed E-state index contributed by atoms with van der Waals surface area (Å²) in [4.78, 5) is 15.1. The molecule has 0 unspecified atom stereocenters. The van der Waals surface area contributed by atoms with Gasteiger partial charge in [-0.3, -0.25) is 0 Å². The van der Waals surface area contributed by atoms with E-state index in [4.69, 9.17) is 16.3 Å². The van der Waals surface area contributed by atoms with Crippen LogP contribution in [0.3, 0.4) is 0 Å². The van der Waals surface area contributed by atoms with E-state index in [-0.39, 0.29) is 10.7 Å². The summed E-state index contributed by atoms with van der Waals surface area (Å²) in [7, 11) is 1.72. The maximum Gasteiger partial charge on any atom is 0.189 e. The quantitative estimate of drug-likeness (QED) is 0.514. The van der Waals surface area contributed by atoms with Gasteiger partial charge in [0.1, 0.15) is 17.2 Å². The fraction of sp³-hybridized carbons (Fsp3) is 0.500. The van der Waals surface area contributed by atoms with Crippen molar-refractivity contribution in [2.24, 2.45) is 0 Å². The molecule has 1 N–H and O–H groups in total. The van der Waals surface area contributed by atoms with Crippen molar-refractivity contribution in [3.8, 4) is 0 Å². The van der Waals surface area contributed by atoms with Gasteiger partial charge in [0.2, 0.25) is 0 Å². The molecule has 1 aliphatic rings. The molecule has 3 rings (SSSR count). The number of pyridine rings is 1. The highest BCUT2D eigenvalue weighted by Gasteiger charge is 2.23. The Bertz CT molecular complexity index is 724. The Morgan fingerprint density at radius 3 is 2.83 bits per heavy atom. The van der Waals surface area contributed by atoms with E-state index in [1.54, 1.807) is 7.05 Å². The summed E-state index contributed by atoms with van der Waals surface area (Å²) < 4.78 is 20.0. The lowest BCUT2D eigenvalue weighted by Gasteiger charge is -2.23. The molecular formula is C14H17ClFN5OS. The van der Waals surface area contributed by atoms with Crippen molar-refractivity contribution in [2.75, 3.05) is 49.8 Å². The van der Waals surface area contributed by atoms with Gasteiger partial charge in [0.25, 0.3) is 0 Å². The van der Waals surface area contributed by atoms with Crippen molar-refractivity contribution >= 4 is 45.9 Å². The molecule has 0 atom stereocenters. The summed E-state index contributed by atoms with van der Waals surface area (Å²) in [5.41, 5.74) is 0.189. The number of nitrogens with zero attached hydrogens (tertiary/aromatic N) is 4. The average Bonchev–Trinajstić information content (AvgIpc) is 2.86. The Kier molecular flexibility index (Phi) is 5.03. The first-order valence-electron chi connectivity index (χ1n) is 7.27. The number of thioether (sulfide) groups is 1. The van der Waals surface area contributed by atoms with Gasteiger partial charge >= 0.3 is 0 Å². The molecule has 0 aliphatic carbocycles. The topological polar surface area (TPSA) is 63.2 Å². The first-order chi connectivity index (χ1) is 11.2. The number of anilines is 2. The molecule has 0 radical (unpaired) electrons. The molecule has 3 heterocycles. The number of halogens is 2. The summed E-state index contributed by atoms with van der Waals surface area (Å²) in [6.45, 7) is 2.80. The van der Waals surface area contributed by atoms with Crippen LogP contribution in [0.2, 0.25) is 5.15 Å². The minimum absolute atomic E-state index is 0.189. The van der Waals surface area contributed by atoms with Gasteiger partial charge in [-0.15, -0.1) is 0 Å². The lowest BCUT2D eigenvalue weighted by atomic mass is 10.2. The van der Waals surface area contributed by atoms with Crippen LogP contribution in [0.5, 0.6) is 0 Å². The number of hydrogen-bond acceptors (Lipinski definition) is 7. The Morgan fingerprint density at radius 2 is 2.09 bits per heavy atom. The molecule has 2 aromatic rings. The van der Waals surface area contributed by atoms with Gasteiger partial charge in [0.05, 0.1) is 12.0 Å². The fourth-order valence-corrected chi connectivity index (χ4v) is 3.10. The van der Waals surface area contributed by atoms with E-state index in [0.717, 1.165) is 13.0 Å². The predicted molar refractivity (Wildman–Crippen MR) is 91.3 cm³/mol. The number of nitrogens with one attached hydrogen (secondary N) is 1. The predicted octanol–water partition coefficient (Wildman–Crippen LogP) is 2.81. The summed E-state index contributed by atoms with van der Waals surface area (Å²) >= 11 is 7.27. The normalized spacial score (nSPS) is 15.7. The van der Waals surface area contributed by atoms with Crippen LogP contribution < -0.4 is 10.2 Å². The zero-order valence-corrected chi connectivity index (χ0v) is 14.5. The van der Waals surface area contributed by atoms with Gasteiger partial charge < -0.3 is 15.0 Å². The van der Waals surface area contributed by atoms with E-state index in [0.29, 0.717) is 41.9 Å². The third kappa shape index (κ3) is 3.15. The Morgan fingerprint density at radius 1 is 1.26 bits per heavy atom. The van der Waals surface area contributed by atoms with Gasteiger partial charge in [-0.1, -0.05) is 23.4 Å². The fourth-order valence-electron chi connectivity index (χ4n) is 2.57. The third-order valence-corrected chi connectivity index (χ3v) is 4.44. The third-order valence-electron chi connectivity index (χ3n) is 3.65. The van der Waals surface area contributed by atoms with E-state index in [9.17, 15) is 4.39 Å². The van der Waals surface area contributed by atoms with E-state index in [2.05, 4.69) is 25.2 Å². The second-order valence-corrected chi connectivity index (χ2v) is 6.16. The summed E-state index contributed by atoms with van der Waals surface area (Å²) in [6.07, 6.45) is 2.74. The standard InChI is InChI=1S/C14H17ClFN5OS/c1-17-12-8-10(9(16)11(15)19-12)18-14(23-2)20-13(8)21-4-3-6-22-7-5-21/h3-7H2,1-2H3,(H,17,19). The van der Waals surface area contributed by atoms with Crippen LogP contribution in [-0.2, 0) is 4.74 Å². The number of aromatic nitrogens is 3. The van der Waals surface area contributed by atoms with Crippen molar-refractivity contribution in [1.29, 1.82) is 0 Å². The first kappa shape index (κ1) is 16.5. The molecule has 0 spiro atoms. The Hall–Kier alpha value is -1.38. The maximum absolute atomic E-state index is 14.5. The zero-order chi connectivity index (χ0) is 16.4. The maximum atomic E-state index is 14.5. The second kappa shape index (κ2) is 7.02. The molecule has 1 fully saturated rings. The van der Waals surface area contributed by atoms with Crippen LogP contribution in [0.1, 0.15) is 6.42 Å². The van der Waals surface area contributed by atoms with E-state index in [1.807, 2.05) is 6.26 Å². The average molecular weight is 358 g/mol. The Labute approximate surface area is 142 Å². The molecular weight excluding hydrogens is 341 g/mol. The Balaban J connectivity index is 2.27. The van der Waals surface area contributed by atoms with Crippen molar-refractivity contribution < 1.29 is 9.13 Å². The molecule has 0 amide bonds. The van der Waals surface area contributed by atoms with Gasteiger partial charge in [0.15, 0.2) is 16.1 Å². The van der Waals surface area contributed by atoms with Gasteiger partial charge in [-0.05, 0) is 12.7 Å². The molecule has 0 saturated carbocycles. The van der Waals surface area contributed by atoms with E-state index < -0.39 is 5.82 Å². The first-order valence-corrected chi connectivity index (χ1v) is 8.87. The minimum atomic E-state index is -0.620. The molecule has 0 aromatic carbocycles. The SMILES string of the molecule is CNc1nc(Cl)c(F)c2nc(SC)nc(N3CCCOCC3)c12. The van der Waals surface area contributed by atoms with Gasteiger partial charge in [-0.25, -0.2) is 19.3 Å². The van der Waals surface area contributed by atoms with Crippen LogP contribution in [-0.4, -0.2) is 54.6 Å². The molecule has 23 heavy (non-hydrogen) atoms. The molecule has 124 valence electrons. The van der Waals surface area contributed by atoms with Crippen molar-refractivity contribution in [2.45, 2.75) is 11.6 Å². The monoisotopic (exact) mass is 357 g/mol. The molecule has 2 aromatic heterocycles.